The smallest absolute Gasteiger partial charge is 0.190 e. The summed E-state index contributed by atoms with van der Waals surface area (Å²) in [5, 5.41) is 2.75. The van der Waals surface area contributed by atoms with Gasteiger partial charge in [-0.25, -0.2) is 15.0 Å². The summed E-state index contributed by atoms with van der Waals surface area (Å²) in [4.78, 5) is 12.9. The quantitative estimate of drug-likeness (QED) is 0.838. The molecule has 1 aliphatic rings. The molecule has 0 radical (unpaired) electrons. The van der Waals surface area contributed by atoms with E-state index in [9.17, 15) is 0 Å². The van der Waals surface area contributed by atoms with Gasteiger partial charge in [0, 0.05) is 29.3 Å². The average Bonchev–Trinajstić information content (AvgIpc) is 2.93. The Bertz CT molecular complexity index is 476. The van der Waals surface area contributed by atoms with Gasteiger partial charge in [-0.15, -0.1) is 11.3 Å². The Kier molecular flexibility index (Phi) is 1.92. The molecule has 1 aliphatic carbocycles. The third-order valence-electron chi connectivity index (χ3n) is 2.39. The molecule has 1 saturated carbocycles. The highest BCUT2D eigenvalue weighted by atomic mass is 32.1. The second kappa shape index (κ2) is 3.27. The fourth-order valence-electron chi connectivity index (χ4n) is 1.50. The molecule has 2 heterocycles. The van der Waals surface area contributed by atoms with Crippen LogP contribution in [-0.2, 0) is 0 Å². The lowest BCUT2D eigenvalue weighted by molar-refractivity contribution is 0.996. The second-order valence-corrected chi connectivity index (χ2v) is 4.55. The molecule has 0 bridgehead atoms. The van der Waals surface area contributed by atoms with E-state index < -0.39 is 0 Å². The van der Waals surface area contributed by atoms with Gasteiger partial charge >= 0.3 is 0 Å². The number of aromatic nitrogens is 3. The number of nitrogens with two attached hydrogens (primary N) is 1. The molecule has 5 heteroatoms. The maximum atomic E-state index is 5.76. The van der Waals surface area contributed by atoms with Crippen molar-refractivity contribution in [2.24, 2.45) is 0 Å². The van der Waals surface area contributed by atoms with E-state index in [0.717, 1.165) is 10.7 Å². The van der Waals surface area contributed by atoms with E-state index in [0.29, 0.717) is 17.6 Å². The summed E-state index contributed by atoms with van der Waals surface area (Å²) >= 11 is 1.53. The summed E-state index contributed by atoms with van der Waals surface area (Å²) < 4.78 is 0. The van der Waals surface area contributed by atoms with Crippen LogP contribution in [0.1, 0.15) is 24.5 Å². The van der Waals surface area contributed by atoms with Gasteiger partial charge in [0.1, 0.15) is 5.82 Å². The summed E-state index contributed by atoms with van der Waals surface area (Å²) in [5.74, 6) is 1.79. The van der Waals surface area contributed by atoms with Crippen molar-refractivity contribution in [3.8, 4) is 10.8 Å². The maximum Gasteiger partial charge on any atom is 0.190 e. The molecule has 4 nitrogen and oxygen atoms in total. The van der Waals surface area contributed by atoms with Crippen LogP contribution < -0.4 is 5.73 Å². The molecular weight excluding hydrogens is 208 g/mol. The topological polar surface area (TPSA) is 64.7 Å². The molecule has 1 fully saturated rings. The summed E-state index contributed by atoms with van der Waals surface area (Å²) in [7, 11) is 0. The van der Waals surface area contributed by atoms with Crippen molar-refractivity contribution in [2.45, 2.75) is 18.8 Å². The SMILES string of the molecule is Nc1cc(C2CC2)nc(-c2nccs2)n1. The minimum Gasteiger partial charge on any atom is -0.384 e. The lowest BCUT2D eigenvalue weighted by Gasteiger charge is -2.01. The van der Waals surface area contributed by atoms with Gasteiger partial charge in [-0.1, -0.05) is 0 Å². The molecule has 0 spiro atoms. The Balaban J connectivity index is 2.07. The van der Waals surface area contributed by atoms with Crippen LogP contribution in [0.25, 0.3) is 10.8 Å². The Labute approximate surface area is 91.2 Å². The van der Waals surface area contributed by atoms with E-state index in [4.69, 9.17) is 5.73 Å². The van der Waals surface area contributed by atoms with Crippen LogP contribution in [0.15, 0.2) is 17.6 Å². The minimum atomic E-state index is 0.539. The first-order valence-electron chi connectivity index (χ1n) is 4.87. The Morgan fingerprint density at radius 3 is 2.87 bits per heavy atom. The van der Waals surface area contributed by atoms with Crippen molar-refractivity contribution in [3.05, 3.63) is 23.3 Å². The van der Waals surface area contributed by atoms with Crippen LogP contribution in [0.4, 0.5) is 5.82 Å². The standard InChI is InChI=1S/C10H10N4S/c11-8-5-7(6-1-2-6)13-9(14-8)10-12-3-4-15-10/h3-6H,1-2H2,(H2,11,13,14). The van der Waals surface area contributed by atoms with Crippen molar-refractivity contribution >= 4 is 17.2 Å². The first kappa shape index (κ1) is 8.79. The first-order valence-corrected chi connectivity index (χ1v) is 5.75. The van der Waals surface area contributed by atoms with Gasteiger partial charge in [0.05, 0.1) is 0 Å². The van der Waals surface area contributed by atoms with E-state index in [1.54, 1.807) is 6.20 Å². The molecular formula is C10H10N4S. The normalized spacial score (nSPS) is 15.5. The van der Waals surface area contributed by atoms with Crippen LogP contribution in [-0.4, -0.2) is 15.0 Å². The first-order chi connectivity index (χ1) is 7.33. The summed E-state index contributed by atoms with van der Waals surface area (Å²) in [5.41, 5.74) is 6.82. The fraction of sp³-hybridized carbons (Fsp3) is 0.300. The lowest BCUT2D eigenvalue weighted by Crippen LogP contribution is -1.99. The number of hydrogen-bond acceptors (Lipinski definition) is 5. The van der Waals surface area contributed by atoms with Gasteiger partial charge in [-0.2, -0.15) is 0 Å². The van der Waals surface area contributed by atoms with Gasteiger partial charge in [-0.05, 0) is 12.8 Å². The van der Waals surface area contributed by atoms with Gasteiger partial charge in [0.25, 0.3) is 0 Å². The van der Waals surface area contributed by atoms with Crippen molar-refractivity contribution in [2.75, 3.05) is 5.73 Å². The van der Waals surface area contributed by atoms with E-state index in [1.165, 1.54) is 24.2 Å². The van der Waals surface area contributed by atoms with Crippen LogP contribution in [0.2, 0.25) is 0 Å². The van der Waals surface area contributed by atoms with Crippen molar-refractivity contribution in [1.82, 2.24) is 15.0 Å². The molecule has 0 aliphatic heterocycles. The predicted molar refractivity (Wildman–Crippen MR) is 59.5 cm³/mol. The molecule has 0 amide bonds. The molecule has 2 aromatic heterocycles. The van der Waals surface area contributed by atoms with Crippen LogP contribution in [0.5, 0.6) is 0 Å². The molecule has 3 rings (SSSR count). The van der Waals surface area contributed by atoms with E-state index >= 15 is 0 Å². The zero-order valence-electron chi connectivity index (χ0n) is 8.05. The fourth-order valence-corrected chi connectivity index (χ4v) is 2.07. The number of rotatable bonds is 2. The molecule has 0 saturated heterocycles. The van der Waals surface area contributed by atoms with Gasteiger partial charge in [0.2, 0.25) is 0 Å². The highest BCUT2D eigenvalue weighted by Crippen LogP contribution is 2.39. The third kappa shape index (κ3) is 1.70. The summed E-state index contributed by atoms with van der Waals surface area (Å²) in [6.07, 6.45) is 4.19. The maximum absolute atomic E-state index is 5.76. The molecule has 2 N–H and O–H groups in total. The molecule has 0 unspecified atom stereocenters. The Morgan fingerprint density at radius 1 is 1.33 bits per heavy atom. The number of hydrogen-bond donors (Lipinski definition) is 1. The number of nitrogens with zero attached hydrogens (tertiary/aromatic N) is 3. The predicted octanol–water partition coefficient (Wildman–Crippen LogP) is 2.06. The largest absolute Gasteiger partial charge is 0.384 e. The highest BCUT2D eigenvalue weighted by Gasteiger charge is 2.26. The summed E-state index contributed by atoms with van der Waals surface area (Å²) in [6.45, 7) is 0. The number of nitrogen functional groups attached to an aromatic ring is 1. The zero-order valence-corrected chi connectivity index (χ0v) is 8.87. The van der Waals surface area contributed by atoms with Crippen molar-refractivity contribution in [1.29, 1.82) is 0 Å². The summed E-state index contributed by atoms with van der Waals surface area (Å²) in [6, 6.07) is 1.87. The van der Waals surface area contributed by atoms with E-state index in [2.05, 4.69) is 15.0 Å². The van der Waals surface area contributed by atoms with Crippen LogP contribution in [0.3, 0.4) is 0 Å². The second-order valence-electron chi connectivity index (χ2n) is 3.65. The zero-order chi connectivity index (χ0) is 10.3. The minimum absolute atomic E-state index is 0.539. The average molecular weight is 218 g/mol. The van der Waals surface area contributed by atoms with E-state index in [1.807, 2.05) is 11.4 Å². The third-order valence-corrected chi connectivity index (χ3v) is 3.15. The van der Waals surface area contributed by atoms with Gasteiger partial charge < -0.3 is 5.73 Å². The Morgan fingerprint density at radius 2 is 2.20 bits per heavy atom. The number of anilines is 1. The molecule has 76 valence electrons. The molecule has 2 aromatic rings. The van der Waals surface area contributed by atoms with Gasteiger partial charge in [0.15, 0.2) is 10.8 Å². The van der Waals surface area contributed by atoms with Crippen LogP contribution >= 0.6 is 11.3 Å². The number of thiazole rings is 1. The molecule has 0 atom stereocenters. The van der Waals surface area contributed by atoms with Crippen LogP contribution in [0, 0.1) is 0 Å². The van der Waals surface area contributed by atoms with Crippen molar-refractivity contribution < 1.29 is 0 Å². The van der Waals surface area contributed by atoms with E-state index in [-0.39, 0.29) is 0 Å². The monoisotopic (exact) mass is 218 g/mol. The highest BCUT2D eigenvalue weighted by molar-refractivity contribution is 7.12. The molecule has 0 aromatic carbocycles. The lowest BCUT2D eigenvalue weighted by atomic mass is 10.3. The van der Waals surface area contributed by atoms with Crippen molar-refractivity contribution in [3.63, 3.8) is 0 Å². The van der Waals surface area contributed by atoms with Gasteiger partial charge in [-0.3, -0.25) is 0 Å². The Hall–Kier alpha value is -1.49. The molecule has 15 heavy (non-hydrogen) atoms.